The van der Waals surface area contributed by atoms with Gasteiger partial charge in [0.05, 0.1) is 11.6 Å². The Morgan fingerprint density at radius 2 is 1.91 bits per heavy atom. The number of benzene rings is 2. The number of nitrogens with zero attached hydrogens (tertiary/aromatic N) is 2. The molecule has 2 aromatic carbocycles. The summed E-state index contributed by atoms with van der Waals surface area (Å²) in [5.41, 5.74) is 1.99. The van der Waals surface area contributed by atoms with Crippen LogP contribution in [0.3, 0.4) is 0 Å². The first kappa shape index (κ1) is 30.8. The molecule has 3 saturated carbocycles. The van der Waals surface area contributed by atoms with Crippen LogP contribution in [0.1, 0.15) is 94.2 Å². The Balaban J connectivity index is 1.16. The number of rotatable bonds is 9. The highest BCUT2D eigenvalue weighted by molar-refractivity contribution is 5.86. The predicted octanol–water partition coefficient (Wildman–Crippen LogP) is 6.39. The van der Waals surface area contributed by atoms with Crippen LogP contribution in [-0.2, 0) is 16.6 Å². The zero-order valence-electron chi connectivity index (χ0n) is 26.5. The van der Waals surface area contributed by atoms with Crippen LogP contribution in [0.5, 0.6) is 5.75 Å². The zero-order valence-corrected chi connectivity index (χ0v) is 26.5. The maximum atomic E-state index is 15.7. The van der Waals surface area contributed by atoms with E-state index in [2.05, 4.69) is 15.7 Å². The number of carbonyl (C=O) groups excluding carboxylic acids is 1. The van der Waals surface area contributed by atoms with Gasteiger partial charge in [-0.3, -0.25) is 14.3 Å². The highest BCUT2D eigenvalue weighted by Gasteiger charge is 2.55. The van der Waals surface area contributed by atoms with Crippen LogP contribution in [0, 0.1) is 5.82 Å². The van der Waals surface area contributed by atoms with Crippen LogP contribution in [-0.4, -0.2) is 56.7 Å². The quantitative estimate of drug-likeness (QED) is 0.253. The molecule has 4 fully saturated rings. The number of aryl methyl sites for hydroxylation is 1. The molecule has 10 heteroatoms. The van der Waals surface area contributed by atoms with Gasteiger partial charge in [-0.2, -0.15) is 5.10 Å². The number of carboxylic acids is 1. The van der Waals surface area contributed by atoms with Gasteiger partial charge in [-0.1, -0.05) is 24.6 Å². The maximum Gasteiger partial charge on any atom is 0.312 e. The molecular formula is C36H42F2N4O4. The second kappa shape index (κ2) is 11.8. The van der Waals surface area contributed by atoms with E-state index in [0.717, 1.165) is 55.2 Å². The zero-order chi connectivity index (χ0) is 32.2. The van der Waals surface area contributed by atoms with Crippen molar-refractivity contribution in [1.82, 2.24) is 20.4 Å². The number of ether oxygens (including phenoxy) is 1. The molecule has 1 amide bonds. The fraction of sp³-hybridized carbons (Fsp3) is 0.528. The van der Waals surface area contributed by atoms with Crippen molar-refractivity contribution in [3.05, 3.63) is 59.7 Å². The highest BCUT2D eigenvalue weighted by atomic mass is 19.1. The normalized spacial score (nSPS) is 26.0. The van der Waals surface area contributed by atoms with Gasteiger partial charge in [0.2, 0.25) is 5.67 Å². The standard InChI is InChI=1S/C36H42F2N4O4/c1-21(33(43)44)32-28(18-42(2)41-32)23-10-13-30(27(16-23)26-8-4-9-29(37)31(26)22-6-3-7-22)46-25-12-11-24(17-25)40-34(45)36(38)19-35(39-20-36)14-5-15-35/h4,8-10,13,16,18,21-22,24-25,39H,3,5-7,11-12,14-15,17,19-20H2,1-2H3,(H,40,45)(H,43,44)/t21-,24-,25-,36+/m1/s1. The van der Waals surface area contributed by atoms with Crippen molar-refractivity contribution in [2.75, 3.05) is 6.54 Å². The fourth-order valence-electron chi connectivity index (χ4n) is 7.84. The van der Waals surface area contributed by atoms with Crippen molar-refractivity contribution >= 4 is 11.9 Å². The molecule has 0 unspecified atom stereocenters. The van der Waals surface area contributed by atoms with Gasteiger partial charge < -0.3 is 20.5 Å². The lowest BCUT2D eigenvalue weighted by Crippen LogP contribution is -2.49. The Bertz CT molecular complexity index is 1670. The largest absolute Gasteiger partial charge is 0.490 e. The average Bonchev–Trinajstić information content (AvgIpc) is 3.70. The average molecular weight is 633 g/mol. The number of alkyl halides is 1. The Hall–Kier alpha value is -3.79. The molecule has 2 heterocycles. The van der Waals surface area contributed by atoms with Crippen LogP contribution in [0.2, 0.25) is 0 Å². The molecule has 1 saturated heterocycles. The molecule has 0 radical (unpaired) electrons. The van der Waals surface area contributed by atoms with Crippen LogP contribution < -0.4 is 15.4 Å². The number of hydrogen-bond acceptors (Lipinski definition) is 5. The summed E-state index contributed by atoms with van der Waals surface area (Å²) < 4.78 is 39.3. The Morgan fingerprint density at radius 3 is 2.59 bits per heavy atom. The lowest BCUT2D eigenvalue weighted by Gasteiger charge is -2.38. The number of carbonyl (C=O) groups is 2. The molecule has 1 spiro atoms. The van der Waals surface area contributed by atoms with Crippen molar-refractivity contribution in [1.29, 1.82) is 0 Å². The van der Waals surface area contributed by atoms with Gasteiger partial charge in [-0.25, -0.2) is 8.78 Å². The van der Waals surface area contributed by atoms with Gasteiger partial charge in [-0.05, 0) is 92.7 Å². The summed E-state index contributed by atoms with van der Waals surface area (Å²) >= 11 is 0. The number of hydrogen-bond donors (Lipinski definition) is 3. The van der Waals surface area contributed by atoms with E-state index in [9.17, 15) is 14.7 Å². The summed E-state index contributed by atoms with van der Waals surface area (Å²) in [6, 6.07) is 10.7. The number of carboxylic acid groups (broad SMARTS) is 1. The minimum Gasteiger partial charge on any atom is -0.490 e. The number of aromatic nitrogens is 2. The van der Waals surface area contributed by atoms with E-state index in [4.69, 9.17) is 4.74 Å². The molecule has 4 atom stereocenters. The second-order valence-corrected chi connectivity index (χ2v) is 14.1. The van der Waals surface area contributed by atoms with Gasteiger partial charge >= 0.3 is 5.97 Å². The summed E-state index contributed by atoms with van der Waals surface area (Å²) in [4.78, 5) is 25.0. The predicted molar refractivity (Wildman–Crippen MR) is 170 cm³/mol. The maximum absolute atomic E-state index is 15.7. The van der Waals surface area contributed by atoms with Crippen LogP contribution in [0.15, 0.2) is 42.6 Å². The Labute approximate surface area is 267 Å². The topological polar surface area (TPSA) is 105 Å². The van der Waals surface area contributed by atoms with Gasteiger partial charge in [0, 0.05) is 55.3 Å². The third kappa shape index (κ3) is 5.58. The minimum absolute atomic E-state index is 0.0576. The number of nitrogens with one attached hydrogen (secondary N) is 2. The summed E-state index contributed by atoms with van der Waals surface area (Å²) in [6.07, 6.45) is 9.53. The summed E-state index contributed by atoms with van der Waals surface area (Å²) in [6.45, 7) is 1.67. The van der Waals surface area contributed by atoms with E-state index in [1.807, 2.05) is 24.3 Å². The van der Waals surface area contributed by atoms with Crippen LogP contribution >= 0.6 is 0 Å². The van der Waals surface area contributed by atoms with Crippen molar-refractivity contribution in [3.63, 3.8) is 0 Å². The van der Waals surface area contributed by atoms with Crippen LogP contribution in [0.25, 0.3) is 22.3 Å². The number of halogens is 2. The molecule has 3 aliphatic carbocycles. The van der Waals surface area contributed by atoms with Crippen molar-refractivity contribution in [2.24, 2.45) is 7.05 Å². The third-order valence-electron chi connectivity index (χ3n) is 10.9. The van der Waals surface area contributed by atoms with E-state index >= 15 is 8.78 Å². The van der Waals surface area contributed by atoms with Gasteiger partial charge in [-0.15, -0.1) is 0 Å². The van der Waals surface area contributed by atoms with Crippen LogP contribution in [0.4, 0.5) is 8.78 Å². The smallest absolute Gasteiger partial charge is 0.312 e. The summed E-state index contributed by atoms with van der Waals surface area (Å²) in [7, 11) is 1.76. The van der Waals surface area contributed by atoms with E-state index in [1.165, 1.54) is 6.07 Å². The Morgan fingerprint density at radius 1 is 1.11 bits per heavy atom. The van der Waals surface area contributed by atoms with E-state index in [1.54, 1.807) is 30.9 Å². The molecular weight excluding hydrogens is 590 g/mol. The summed E-state index contributed by atoms with van der Waals surface area (Å²) in [5, 5.41) is 20.4. The molecule has 3 aromatic rings. The number of amides is 1. The van der Waals surface area contributed by atoms with Crippen molar-refractivity contribution < 1.29 is 28.2 Å². The van der Waals surface area contributed by atoms with Crippen molar-refractivity contribution in [2.45, 2.75) is 106 Å². The van der Waals surface area contributed by atoms with E-state index in [-0.39, 0.29) is 42.4 Å². The fourth-order valence-corrected chi connectivity index (χ4v) is 7.84. The van der Waals surface area contributed by atoms with E-state index in [0.29, 0.717) is 41.8 Å². The van der Waals surface area contributed by atoms with Gasteiger partial charge in [0.1, 0.15) is 17.7 Å². The van der Waals surface area contributed by atoms with E-state index < -0.39 is 23.5 Å². The molecule has 1 aliphatic heterocycles. The lowest BCUT2D eigenvalue weighted by molar-refractivity contribution is -0.138. The highest BCUT2D eigenvalue weighted by Crippen LogP contribution is 2.47. The van der Waals surface area contributed by atoms with Gasteiger partial charge in [0.25, 0.3) is 5.91 Å². The molecule has 7 rings (SSSR count). The first-order valence-electron chi connectivity index (χ1n) is 16.7. The molecule has 8 nitrogen and oxygen atoms in total. The number of aliphatic carboxylic acids is 1. The molecule has 0 bridgehead atoms. The molecule has 3 N–H and O–H groups in total. The van der Waals surface area contributed by atoms with Crippen molar-refractivity contribution in [3.8, 4) is 28.0 Å². The first-order chi connectivity index (χ1) is 22.0. The Kier molecular flexibility index (Phi) is 7.90. The summed E-state index contributed by atoms with van der Waals surface area (Å²) in [5.74, 6) is -1.84. The molecule has 1 aromatic heterocycles. The SMILES string of the molecule is C[C@@H](C(=O)O)c1nn(C)cc1-c1ccc(O[C@@H]2CC[C@@H](NC(=O)[C@@]3(F)CNC4(CCC4)C3)C2)c(-c2cccc(F)c2C2CCC2)c1. The minimum atomic E-state index is -1.89. The molecule has 4 aliphatic rings. The third-order valence-corrected chi connectivity index (χ3v) is 10.9. The monoisotopic (exact) mass is 632 g/mol. The first-order valence-corrected chi connectivity index (χ1v) is 16.7. The molecule has 46 heavy (non-hydrogen) atoms. The van der Waals surface area contributed by atoms with Gasteiger partial charge in [0.15, 0.2) is 0 Å². The lowest BCUT2D eigenvalue weighted by atomic mass is 9.74. The molecule has 244 valence electrons. The second-order valence-electron chi connectivity index (χ2n) is 14.1.